The summed E-state index contributed by atoms with van der Waals surface area (Å²) in [6.45, 7) is 15.7. The number of esters is 4. The molecule has 8 aliphatic carbocycles. The number of carbonyl (C=O) groups is 8. The molecular weight excluding hydrogens is 1750 g/mol. The van der Waals surface area contributed by atoms with Crippen molar-refractivity contribution in [2.75, 3.05) is 26.4 Å². The van der Waals surface area contributed by atoms with Gasteiger partial charge in [0, 0.05) is 25.7 Å². The zero-order chi connectivity index (χ0) is 99.4. The molecule has 772 valence electrons. The molecule has 0 saturated heterocycles. The Hall–Kier alpha value is -8.32. The largest absolute Gasteiger partial charge is 0.482 e. The number of ether oxygens (including phenoxy) is 8. The minimum atomic E-state index is -0.981. The lowest BCUT2D eigenvalue weighted by atomic mass is 9.73. The number of aliphatic hydroxyl groups is 4. The monoisotopic (exact) mass is 1930 g/mol. The minimum Gasteiger partial charge on any atom is -0.482 e. The molecule has 0 unspecified atom stereocenters. The molecule has 0 aliphatic heterocycles. The normalized spacial score (nSPS) is 24.0. The first kappa shape index (κ1) is 113. The van der Waals surface area contributed by atoms with Crippen LogP contribution in [0, 0.1) is 71.0 Å². The van der Waals surface area contributed by atoms with Crippen LogP contribution in [0.25, 0.3) is 0 Å². The Kier molecular flexibility index (Phi) is 49.9. The molecule has 0 radical (unpaired) electrons. The van der Waals surface area contributed by atoms with E-state index in [1.165, 1.54) is 22.3 Å². The predicted molar refractivity (Wildman–Crippen MR) is 533 cm³/mol. The second kappa shape index (κ2) is 60.8. The maximum absolute atomic E-state index is 12.5. The molecule has 4 fully saturated rings. The van der Waals surface area contributed by atoms with Gasteiger partial charge in [-0.15, -0.1) is 0 Å². The summed E-state index contributed by atoms with van der Waals surface area (Å²) in [7, 11) is 0. The molecule has 4 aromatic rings. The Balaban J connectivity index is 0.000000206. The van der Waals surface area contributed by atoms with Crippen molar-refractivity contribution in [1.29, 1.82) is 0 Å². The average Bonchev–Trinajstić information content (AvgIpc) is 1.63. The number of carbonyl (C=O) groups excluding carboxylic acids is 4. The summed E-state index contributed by atoms with van der Waals surface area (Å²) in [6, 6.07) is 23.5. The molecule has 24 heteroatoms. The van der Waals surface area contributed by atoms with E-state index in [4.69, 9.17) is 58.3 Å². The molecule has 0 spiro atoms. The van der Waals surface area contributed by atoms with Crippen molar-refractivity contribution in [2.45, 2.75) is 425 Å². The summed E-state index contributed by atoms with van der Waals surface area (Å²) < 4.78 is 45.7. The number of unbranched alkanes of at least 4 members (excludes halogenated alkanes) is 14. The van der Waals surface area contributed by atoms with Crippen molar-refractivity contribution in [1.82, 2.24) is 0 Å². The van der Waals surface area contributed by atoms with E-state index in [1.807, 2.05) is 55.5 Å². The summed E-state index contributed by atoms with van der Waals surface area (Å²) in [5.41, 5.74) is 9.20. The van der Waals surface area contributed by atoms with Gasteiger partial charge in [-0.2, -0.15) is 0 Å². The highest BCUT2D eigenvalue weighted by Gasteiger charge is 2.50. The van der Waals surface area contributed by atoms with E-state index in [0.717, 1.165) is 318 Å². The van der Waals surface area contributed by atoms with Crippen LogP contribution < -0.4 is 18.9 Å². The molecule has 24 nitrogen and oxygen atoms in total. The first-order valence-corrected chi connectivity index (χ1v) is 54.0. The van der Waals surface area contributed by atoms with E-state index in [0.29, 0.717) is 96.0 Å². The Labute approximate surface area is 823 Å². The quantitative estimate of drug-likeness (QED) is 0.0116. The van der Waals surface area contributed by atoms with Crippen LogP contribution in [-0.4, -0.2) is 164 Å². The van der Waals surface area contributed by atoms with Gasteiger partial charge < -0.3 is 78.7 Å². The van der Waals surface area contributed by atoms with Crippen molar-refractivity contribution in [3.8, 4) is 23.0 Å². The van der Waals surface area contributed by atoms with E-state index >= 15 is 0 Å². The maximum Gasteiger partial charge on any atom is 0.341 e. The molecule has 4 saturated carbocycles. The summed E-state index contributed by atoms with van der Waals surface area (Å²) in [5.74, 6) is 2.21. The molecule has 0 heterocycles. The molecule has 0 amide bonds. The molecule has 8 aliphatic rings. The third-order valence-corrected chi connectivity index (χ3v) is 31.2. The fourth-order valence-electron chi connectivity index (χ4n) is 24.1. The second-order valence-corrected chi connectivity index (χ2v) is 41.4. The molecule has 8 N–H and O–H groups in total. The second-order valence-electron chi connectivity index (χ2n) is 41.4. The summed E-state index contributed by atoms with van der Waals surface area (Å²) in [5, 5.41) is 79.8. The van der Waals surface area contributed by atoms with Crippen LogP contribution in [0.4, 0.5) is 0 Å². The fourth-order valence-corrected chi connectivity index (χ4v) is 24.1. The van der Waals surface area contributed by atoms with Crippen molar-refractivity contribution in [3.05, 3.63) is 117 Å². The zero-order valence-corrected chi connectivity index (χ0v) is 84.8. The fraction of sp³-hybridized carbons (Fsp3) is 0.719. The van der Waals surface area contributed by atoms with Gasteiger partial charge in [0.15, 0.2) is 26.4 Å². The SMILES string of the molecule is CCCCCC(=O)O[C@@H](CCCCC)CC[C@@H]1[C@H]2Cc3cccc(OCC(=O)O)c3C[C@H]2C[C@H]1O.CCCCCCC(=O)O[C@@H](CCCCC)CC[C@@H]1[C@H]2Cc3cccc(OCC(=O)O)c3C[C@H]2C[C@H]1O.CCCCC[C@@H](CC[C@@H]1[C@H]2Cc3cccc(OCC(=O)O)c3C[C@H]2C[C@H]1O)OC(=O)CCC.CCCCC[C@@H](CC[C@@H]1[C@H]2Cc3cccc(OCC(=O)O)c3C[C@H]2C[C@H]1O)OC(=O)CCCC. The summed E-state index contributed by atoms with van der Waals surface area (Å²) in [4.78, 5) is 93.1. The molecule has 20 atom stereocenters. The Bertz CT molecular complexity index is 4330. The van der Waals surface area contributed by atoms with Crippen LogP contribution in [-0.2, 0) is 109 Å². The molecule has 0 aromatic heterocycles. The van der Waals surface area contributed by atoms with Crippen LogP contribution in [0.1, 0.15) is 370 Å². The zero-order valence-electron chi connectivity index (χ0n) is 84.8. The third kappa shape index (κ3) is 36.3. The number of aliphatic carboxylic acids is 4. The first-order chi connectivity index (χ1) is 66.7. The summed E-state index contributed by atoms with van der Waals surface area (Å²) >= 11 is 0. The lowest BCUT2D eigenvalue weighted by Gasteiger charge is -2.32. The van der Waals surface area contributed by atoms with E-state index in [9.17, 15) is 58.8 Å². The van der Waals surface area contributed by atoms with Gasteiger partial charge in [0.05, 0.1) is 24.4 Å². The Morgan fingerprint density at radius 3 is 0.732 bits per heavy atom. The van der Waals surface area contributed by atoms with Crippen LogP contribution in [0.5, 0.6) is 23.0 Å². The van der Waals surface area contributed by atoms with Crippen molar-refractivity contribution in [2.24, 2.45) is 71.0 Å². The van der Waals surface area contributed by atoms with Gasteiger partial charge in [0.1, 0.15) is 47.4 Å². The lowest BCUT2D eigenvalue weighted by Crippen LogP contribution is -2.29. The Morgan fingerprint density at radius 1 is 0.268 bits per heavy atom. The van der Waals surface area contributed by atoms with E-state index in [1.54, 1.807) is 0 Å². The summed E-state index contributed by atoms with van der Waals surface area (Å²) in [6.07, 6.45) is 43.8. The van der Waals surface area contributed by atoms with Gasteiger partial charge in [0.2, 0.25) is 0 Å². The van der Waals surface area contributed by atoms with Crippen molar-refractivity contribution >= 4 is 47.8 Å². The van der Waals surface area contributed by atoms with Gasteiger partial charge in [-0.05, 0) is 345 Å². The molecule has 0 bridgehead atoms. The number of rotatable bonds is 58. The molecule has 12 rings (SSSR count). The highest BCUT2D eigenvalue weighted by atomic mass is 16.6. The number of hydrogen-bond donors (Lipinski definition) is 8. The first-order valence-electron chi connectivity index (χ1n) is 54.0. The van der Waals surface area contributed by atoms with Crippen LogP contribution in [0.3, 0.4) is 0 Å². The van der Waals surface area contributed by atoms with Gasteiger partial charge in [-0.3, -0.25) is 19.2 Å². The van der Waals surface area contributed by atoms with Gasteiger partial charge in [-0.25, -0.2) is 19.2 Å². The van der Waals surface area contributed by atoms with E-state index in [-0.39, 0.29) is 123 Å². The van der Waals surface area contributed by atoms with E-state index < -0.39 is 23.9 Å². The van der Waals surface area contributed by atoms with E-state index in [2.05, 4.69) is 72.7 Å². The minimum absolute atomic E-state index is 0.0611. The number of benzene rings is 4. The number of aliphatic hydroxyl groups excluding tert-OH is 4. The van der Waals surface area contributed by atoms with Gasteiger partial charge in [-0.1, -0.05) is 194 Å². The molecule has 4 aromatic carbocycles. The van der Waals surface area contributed by atoms with Crippen LogP contribution in [0.2, 0.25) is 0 Å². The smallest absolute Gasteiger partial charge is 0.341 e. The lowest BCUT2D eigenvalue weighted by molar-refractivity contribution is -0.151. The maximum atomic E-state index is 12.5. The van der Waals surface area contributed by atoms with Gasteiger partial charge >= 0.3 is 47.8 Å². The predicted octanol–water partition coefficient (Wildman–Crippen LogP) is 22.1. The molecular formula is C114H172O24. The number of carboxylic acids is 4. The molecule has 138 heavy (non-hydrogen) atoms. The highest BCUT2D eigenvalue weighted by Crippen LogP contribution is 2.54. The topological polar surface area (TPSA) is 372 Å². The Morgan fingerprint density at radius 2 is 0.493 bits per heavy atom. The standard InChI is InChI=1S/C30H46O6.C29H44O6.C28H42O6.C27H40O6/c1-3-5-7-9-14-30(34)36-23(12-8-6-4-2)15-16-24-25-17-21-11-10-13-28(35-20-29(32)33)26(21)18-22(25)19-27(24)31;1-3-5-7-11-22(35-29(33)13-8-6-4-2)14-15-23-24-16-20-10-9-12-27(34-19-28(31)32)25(20)17-21(24)18-26(23)30;1-3-5-7-10-21(34-28(32)12-6-4-2)13-14-22-23-15-19-9-8-11-26(33-18-27(30)31)24(19)16-20(23)17-25(22)29;1-3-5-6-10-20(33-27(31)8-4-2)12-13-21-22-14-18-9-7-11-25(32-17-26(29)30)23(18)15-19(22)16-24(21)28/h10-11,13,22-25,27,31H,3-9,12,14-20H2,1-2H3,(H,32,33);9-10,12,21-24,26,30H,3-8,11,13-19H2,1-2H3,(H,31,32);8-9,11,20-23,25,29H,3-7,10,12-18H2,1-2H3,(H,30,31);7,9,11,19-22,24,28H,3-6,8,10,12-17H2,1-2H3,(H,29,30)/t22-,23-,24+,25-,27+;21-,22-,23+,24-,26+;20-,21-,22+,23-,25+;19-,20-,21+,22-,24+/m0000/s1. The van der Waals surface area contributed by atoms with Crippen LogP contribution in [0.15, 0.2) is 72.8 Å². The van der Waals surface area contributed by atoms with Crippen molar-refractivity contribution in [3.63, 3.8) is 0 Å². The van der Waals surface area contributed by atoms with Gasteiger partial charge in [0.25, 0.3) is 0 Å². The van der Waals surface area contributed by atoms with Crippen LogP contribution >= 0.6 is 0 Å². The number of hydrogen-bond acceptors (Lipinski definition) is 20. The van der Waals surface area contributed by atoms with Crippen molar-refractivity contribution < 1.29 is 117 Å². The third-order valence-electron chi connectivity index (χ3n) is 31.2. The average molecular weight is 1930 g/mol. The number of fused-ring (bicyclic) bond motifs is 8. The number of carboxylic acid groups (broad SMARTS) is 4. The highest BCUT2D eigenvalue weighted by molar-refractivity contribution is 5.72.